The van der Waals surface area contributed by atoms with Crippen molar-refractivity contribution in [2.45, 2.75) is 0 Å². The Morgan fingerprint density at radius 2 is 2.12 bits per heavy atom. The van der Waals surface area contributed by atoms with E-state index in [1.54, 1.807) is 24.4 Å². The van der Waals surface area contributed by atoms with Crippen molar-refractivity contribution in [3.63, 3.8) is 0 Å². The van der Waals surface area contributed by atoms with Crippen molar-refractivity contribution in [2.24, 2.45) is 5.10 Å². The number of nitrogens with one attached hydrogen (secondary N) is 2. The molecular formula is C11H12FN3S. The molecule has 0 amide bonds. The molecule has 0 spiro atoms. The minimum absolute atomic E-state index is 0.270. The van der Waals surface area contributed by atoms with Crippen LogP contribution in [-0.4, -0.2) is 17.9 Å². The van der Waals surface area contributed by atoms with Gasteiger partial charge in [0.1, 0.15) is 5.82 Å². The van der Waals surface area contributed by atoms with Gasteiger partial charge in [0.05, 0.1) is 6.21 Å². The third kappa shape index (κ3) is 4.65. The van der Waals surface area contributed by atoms with Gasteiger partial charge in [0, 0.05) is 6.54 Å². The molecule has 5 heteroatoms. The van der Waals surface area contributed by atoms with E-state index < -0.39 is 0 Å². The summed E-state index contributed by atoms with van der Waals surface area (Å²) in [6, 6.07) is 5.99. The van der Waals surface area contributed by atoms with Crippen molar-refractivity contribution in [2.75, 3.05) is 6.54 Å². The molecule has 0 radical (unpaired) electrons. The van der Waals surface area contributed by atoms with Crippen molar-refractivity contribution in [1.29, 1.82) is 0 Å². The third-order valence-corrected chi connectivity index (χ3v) is 1.89. The molecule has 1 aromatic rings. The molecule has 0 heterocycles. The highest BCUT2D eigenvalue weighted by molar-refractivity contribution is 7.80. The summed E-state index contributed by atoms with van der Waals surface area (Å²) in [5.74, 6) is -0.270. The van der Waals surface area contributed by atoms with E-state index in [0.717, 1.165) is 5.56 Å². The second-order valence-electron chi connectivity index (χ2n) is 2.92. The van der Waals surface area contributed by atoms with Crippen LogP contribution >= 0.6 is 12.2 Å². The largest absolute Gasteiger partial charge is 0.358 e. The Morgan fingerprint density at radius 1 is 1.44 bits per heavy atom. The van der Waals surface area contributed by atoms with Crippen molar-refractivity contribution in [1.82, 2.24) is 10.7 Å². The summed E-state index contributed by atoms with van der Waals surface area (Å²) in [7, 11) is 0. The highest BCUT2D eigenvalue weighted by Crippen LogP contribution is 1.99. The van der Waals surface area contributed by atoms with E-state index in [-0.39, 0.29) is 5.82 Å². The van der Waals surface area contributed by atoms with E-state index in [2.05, 4.69) is 22.4 Å². The number of rotatable bonds is 4. The van der Waals surface area contributed by atoms with Crippen LogP contribution < -0.4 is 10.7 Å². The highest BCUT2D eigenvalue weighted by atomic mass is 32.1. The first kappa shape index (κ1) is 12.3. The summed E-state index contributed by atoms with van der Waals surface area (Å²) in [4.78, 5) is 0. The van der Waals surface area contributed by atoms with Gasteiger partial charge in [-0.3, -0.25) is 5.43 Å². The maximum Gasteiger partial charge on any atom is 0.187 e. The Balaban J connectivity index is 2.39. The summed E-state index contributed by atoms with van der Waals surface area (Å²) in [5.41, 5.74) is 3.42. The summed E-state index contributed by atoms with van der Waals surface area (Å²) in [5, 5.41) is 7.16. The molecule has 0 atom stereocenters. The summed E-state index contributed by atoms with van der Waals surface area (Å²) in [6.45, 7) is 4.13. The van der Waals surface area contributed by atoms with Crippen LogP contribution in [0.4, 0.5) is 4.39 Å². The zero-order valence-electron chi connectivity index (χ0n) is 8.61. The van der Waals surface area contributed by atoms with Crippen molar-refractivity contribution < 1.29 is 4.39 Å². The Labute approximate surface area is 99.1 Å². The fourth-order valence-corrected chi connectivity index (χ4v) is 1.05. The number of halogens is 1. The van der Waals surface area contributed by atoms with Gasteiger partial charge in [-0.15, -0.1) is 6.58 Å². The second kappa shape index (κ2) is 6.68. The molecule has 16 heavy (non-hydrogen) atoms. The van der Waals surface area contributed by atoms with Gasteiger partial charge >= 0.3 is 0 Å². The van der Waals surface area contributed by atoms with Crippen LogP contribution in [0.5, 0.6) is 0 Å². The average molecular weight is 237 g/mol. The van der Waals surface area contributed by atoms with E-state index >= 15 is 0 Å². The van der Waals surface area contributed by atoms with E-state index in [1.165, 1.54) is 12.1 Å². The van der Waals surface area contributed by atoms with Crippen LogP contribution in [0.1, 0.15) is 5.56 Å². The highest BCUT2D eigenvalue weighted by Gasteiger charge is 1.90. The van der Waals surface area contributed by atoms with Gasteiger partial charge in [0.15, 0.2) is 5.11 Å². The molecular weight excluding hydrogens is 225 g/mol. The quantitative estimate of drug-likeness (QED) is 0.363. The summed E-state index contributed by atoms with van der Waals surface area (Å²) in [6.07, 6.45) is 3.25. The van der Waals surface area contributed by atoms with E-state index in [9.17, 15) is 4.39 Å². The number of hydrogen-bond donors (Lipinski definition) is 2. The zero-order chi connectivity index (χ0) is 11.8. The number of benzene rings is 1. The van der Waals surface area contributed by atoms with Gasteiger partial charge in [-0.1, -0.05) is 18.2 Å². The van der Waals surface area contributed by atoms with Crippen molar-refractivity contribution in [3.8, 4) is 0 Å². The van der Waals surface area contributed by atoms with Crippen molar-refractivity contribution in [3.05, 3.63) is 48.3 Å². The predicted molar refractivity (Wildman–Crippen MR) is 67.9 cm³/mol. The van der Waals surface area contributed by atoms with Crippen molar-refractivity contribution >= 4 is 23.5 Å². The maximum absolute atomic E-state index is 12.6. The first-order valence-electron chi connectivity index (χ1n) is 4.66. The van der Waals surface area contributed by atoms with Crippen LogP contribution in [0.15, 0.2) is 42.0 Å². The molecule has 3 nitrogen and oxygen atoms in total. The third-order valence-electron chi connectivity index (χ3n) is 1.66. The first-order valence-corrected chi connectivity index (χ1v) is 5.06. The molecule has 0 unspecified atom stereocenters. The van der Waals surface area contributed by atoms with Gasteiger partial charge in [0.2, 0.25) is 0 Å². The number of thiocarbonyl (C=S) groups is 1. The Bertz CT molecular complexity index is 387. The molecule has 0 aliphatic carbocycles. The smallest absolute Gasteiger partial charge is 0.187 e. The lowest BCUT2D eigenvalue weighted by Crippen LogP contribution is -2.31. The van der Waals surface area contributed by atoms with E-state index in [0.29, 0.717) is 11.7 Å². The minimum Gasteiger partial charge on any atom is -0.358 e. The van der Waals surface area contributed by atoms with Gasteiger partial charge in [-0.2, -0.15) is 5.10 Å². The molecule has 0 aromatic heterocycles. The SMILES string of the molecule is C=CCNC(=S)N/N=C/c1ccc(F)cc1. The van der Waals surface area contributed by atoms with E-state index in [4.69, 9.17) is 12.2 Å². The summed E-state index contributed by atoms with van der Waals surface area (Å²) >= 11 is 4.91. The van der Waals surface area contributed by atoms with Crippen LogP contribution in [-0.2, 0) is 0 Å². The van der Waals surface area contributed by atoms with Crippen LogP contribution in [0.3, 0.4) is 0 Å². The molecule has 0 saturated heterocycles. The van der Waals surface area contributed by atoms with Crippen LogP contribution in [0.25, 0.3) is 0 Å². The lowest BCUT2D eigenvalue weighted by molar-refractivity contribution is 0.628. The van der Waals surface area contributed by atoms with E-state index in [1.807, 2.05) is 0 Å². The van der Waals surface area contributed by atoms with Gasteiger partial charge < -0.3 is 5.32 Å². The molecule has 1 aromatic carbocycles. The Kier molecular flexibility index (Phi) is 5.15. The average Bonchev–Trinajstić information content (AvgIpc) is 2.29. The molecule has 0 saturated carbocycles. The number of hydrogen-bond acceptors (Lipinski definition) is 2. The zero-order valence-corrected chi connectivity index (χ0v) is 9.43. The second-order valence-corrected chi connectivity index (χ2v) is 3.33. The minimum atomic E-state index is -0.270. The predicted octanol–water partition coefficient (Wildman–Crippen LogP) is 1.81. The Morgan fingerprint density at radius 3 is 2.75 bits per heavy atom. The molecule has 0 aliphatic rings. The van der Waals surface area contributed by atoms with Crippen LogP contribution in [0, 0.1) is 5.82 Å². The lowest BCUT2D eigenvalue weighted by Gasteiger charge is -2.02. The first-order chi connectivity index (χ1) is 7.72. The Hall–Kier alpha value is -1.75. The molecule has 0 bridgehead atoms. The molecule has 2 N–H and O–H groups in total. The lowest BCUT2D eigenvalue weighted by atomic mass is 10.2. The van der Waals surface area contributed by atoms with Gasteiger partial charge in [0.25, 0.3) is 0 Å². The fourth-order valence-electron chi connectivity index (χ4n) is 0.919. The molecule has 84 valence electrons. The van der Waals surface area contributed by atoms with Gasteiger partial charge in [-0.25, -0.2) is 4.39 Å². The molecule has 1 rings (SSSR count). The molecule has 0 aliphatic heterocycles. The standard InChI is InChI=1S/C11H12FN3S/c1-2-7-13-11(16)15-14-8-9-3-5-10(12)6-4-9/h2-6,8H,1,7H2,(H2,13,15,16)/b14-8+. The maximum atomic E-state index is 12.6. The van der Waals surface area contributed by atoms with Gasteiger partial charge in [-0.05, 0) is 29.9 Å². The van der Waals surface area contributed by atoms with Crippen LogP contribution in [0.2, 0.25) is 0 Å². The summed E-state index contributed by atoms with van der Waals surface area (Å²) < 4.78 is 12.6. The number of nitrogens with zero attached hydrogens (tertiary/aromatic N) is 1. The number of hydrazone groups is 1. The monoisotopic (exact) mass is 237 g/mol. The normalized spacial score (nSPS) is 10.1. The topological polar surface area (TPSA) is 36.4 Å². The molecule has 0 fully saturated rings. The fraction of sp³-hybridized carbons (Fsp3) is 0.0909.